The monoisotopic (exact) mass is 391 g/mol. The van der Waals surface area contributed by atoms with Gasteiger partial charge >= 0.3 is 0 Å². The topological polar surface area (TPSA) is 36.5 Å². The van der Waals surface area contributed by atoms with Crippen LogP contribution in [-0.4, -0.2) is 49.3 Å². The van der Waals surface area contributed by atoms with Gasteiger partial charge in [0.25, 0.3) is 0 Å². The number of halogens is 1. The van der Waals surface area contributed by atoms with Crippen LogP contribution < -0.4 is 10.6 Å². The van der Waals surface area contributed by atoms with E-state index in [-0.39, 0.29) is 5.82 Å². The minimum absolute atomic E-state index is 0.183. The van der Waals surface area contributed by atoms with Crippen molar-refractivity contribution in [2.75, 3.05) is 37.4 Å². The normalized spacial score (nSPS) is 27.0. The first kappa shape index (κ1) is 21.4. The van der Waals surface area contributed by atoms with Gasteiger partial charge in [0.15, 0.2) is 0 Å². The van der Waals surface area contributed by atoms with E-state index < -0.39 is 0 Å². The summed E-state index contributed by atoms with van der Waals surface area (Å²) in [6, 6.07) is 4.03. The summed E-state index contributed by atoms with van der Waals surface area (Å²) >= 11 is 0. The fourth-order valence-electron chi connectivity index (χ4n) is 4.87. The van der Waals surface area contributed by atoms with Crippen LogP contribution in [0.25, 0.3) is 0 Å². The number of hydrogen-bond donors (Lipinski definition) is 2. The highest BCUT2D eigenvalue weighted by molar-refractivity contribution is 5.70. The Labute approximate surface area is 170 Å². The van der Waals surface area contributed by atoms with E-state index >= 15 is 0 Å². The molecular formula is C23H38FN3O. The summed E-state index contributed by atoms with van der Waals surface area (Å²) in [6.07, 6.45) is 8.59. The number of likely N-dealkylation sites (tertiary alicyclic amines) is 1. The van der Waals surface area contributed by atoms with Gasteiger partial charge in [0.05, 0.1) is 17.5 Å². The van der Waals surface area contributed by atoms with Gasteiger partial charge in [-0.3, -0.25) is 4.90 Å². The molecule has 0 amide bonds. The van der Waals surface area contributed by atoms with Gasteiger partial charge in [0.2, 0.25) is 0 Å². The smallest absolute Gasteiger partial charge is 0.148 e. The van der Waals surface area contributed by atoms with Gasteiger partial charge in [-0.15, -0.1) is 0 Å². The molecule has 1 aromatic rings. The molecule has 5 heteroatoms. The maximum absolute atomic E-state index is 14.2. The lowest BCUT2D eigenvalue weighted by atomic mass is 9.79. The molecule has 0 atom stereocenters. The number of anilines is 2. The Balaban J connectivity index is 1.53. The van der Waals surface area contributed by atoms with Crippen molar-refractivity contribution in [3.63, 3.8) is 0 Å². The van der Waals surface area contributed by atoms with E-state index in [1.54, 1.807) is 13.1 Å². The van der Waals surface area contributed by atoms with Crippen molar-refractivity contribution in [2.45, 2.75) is 83.4 Å². The minimum atomic E-state index is -0.183. The SMILES string of the molecule is CCCOC1CCC(C)(N2CCC(Nc3cc(C)cc(F)c3NC)CC2)CC1. The number of benzene rings is 1. The Bertz CT molecular complexity index is 635. The lowest BCUT2D eigenvalue weighted by Gasteiger charge is -2.48. The van der Waals surface area contributed by atoms with Gasteiger partial charge in [0.1, 0.15) is 5.82 Å². The number of aryl methyl sites for hydroxylation is 1. The fourth-order valence-corrected chi connectivity index (χ4v) is 4.87. The van der Waals surface area contributed by atoms with Crippen molar-refractivity contribution >= 4 is 11.4 Å². The maximum Gasteiger partial charge on any atom is 0.148 e. The van der Waals surface area contributed by atoms with Crippen LogP contribution in [-0.2, 0) is 4.74 Å². The van der Waals surface area contributed by atoms with Gasteiger partial charge < -0.3 is 15.4 Å². The molecule has 0 aromatic heterocycles. The molecule has 0 radical (unpaired) electrons. The molecule has 0 unspecified atom stereocenters. The Morgan fingerprint density at radius 2 is 1.86 bits per heavy atom. The average Bonchev–Trinajstić information content (AvgIpc) is 2.68. The van der Waals surface area contributed by atoms with Crippen LogP contribution in [0.5, 0.6) is 0 Å². The van der Waals surface area contributed by atoms with Crippen molar-refractivity contribution in [1.29, 1.82) is 0 Å². The summed E-state index contributed by atoms with van der Waals surface area (Å²) in [5.74, 6) is -0.183. The molecule has 1 saturated heterocycles. The van der Waals surface area contributed by atoms with Crippen molar-refractivity contribution in [3.05, 3.63) is 23.5 Å². The lowest BCUT2D eigenvalue weighted by Crippen LogP contribution is -2.53. The maximum atomic E-state index is 14.2. The van der Waals surface area contributed by atoms with Crippen LogP contribution in [0.2, 0.25) is 0 Å². The zero-order valence-corrected chi connectivity index (χ0v) is 18.1. The summed E-state index contributed by atoms with van der Waals surface area (Å²) in [4.78, 5) is 2.69. The minimum Gasteiger partial charge on any atom is -0.384 e. The molecule has 4 nitrogen and oxygen atoms in total. The van der Waals surface area contributed by atoms with E-state index in [9.17, 15) is 4.39 Å². The summed E-state index contributed by atoms with van der Waals surface area (Å²) in [7, 11) is 1.78. The van der Waals surface area contributed by atoms with E-state index in [1.165, 1.54) is 25.7 Å². The molecular weight excluding hydrogens is 353 g/mol. The first-order chi connectivity index (χ1) is 13.4. The summed E-state index contributed by atoms with van der Waals surface area (Å²) in [5, 5.41) is 6.61. The van der Waals surface area contributed by atoms with E-state index in [2.05, 4.69) is 29.4 Å². The van der Waals surface area contributed by atoms with Crippen LogP contribution in [0.15, 0.2) is 12.1 Å². The van der Waals surface area contributed by atoms with Crippen molar-refractivity contribution in [3.8, 4) is 0 Å². The third-order valence-corrected chi connectivity index (χ3v) is 6.67. The quantitative estimate of drug-likeness (QED) is 0.671. The number of ether oxygens (including phenoxy) is 1. The highest BCUT2D eigenvalue weighted by atomic mass is 19.1. The van der Waals surface area contributed by atoms with Crippen LogP contribution in [0.3, 0.4) is 0 Å². The Morgan fingerprint density at radius 3 is 2.46 bits per heavy atom. The number of piperidine rings is 1. The van der Waals surface area contributed by atoms with Gasteiger partial charge in [-0.05, 0) is 76.5 Å². The molecule has 0 bridgehead atoms. The predicted molar refractivity (Wildman–Crippen MR) is 116 cm³/mol. The molecule has 1 aliphatic heterocycles. The van der Waals surface area contributed by atoms with Crippen LogP contribution in [0, 0.1) is 12.7 Å². The van der Waals surface area contributed by atoms with Crippen LogP contribution in [0.4, 0.5) is 15.8 Å². The molecule has 1 aliphatic carbocycles. The number of nitrogens with zero attached hydrogens (tertiary/aromatic N) is 1. The lowest BCUT2D eigenvalue weighted by molar-refractivity contribution is -0.0277. The van der Waals surface area contributed by atoms with Crippen molar-refractivity contribution < 1.29 is 9.13 Å². The third-order valence-electron chi connectivity index (χ3n) is 6.67. The zero-order chi connectivity index (χ0) is 20.1. The fraction of sp³-hybridized carbons (Fsp3) is 0.739. The van der Waals surface area contributed by atoms with Gasteiger partial charge in [-0.25, -0.2) is 4.39 Å². The first-order valence-electron chi connectivity index (χ1n) is 11.1. The molecule has 1 heterocycles. The second-order valence-corrected chi connectivity index (χ2v) is 8.89. The van der Waals surface area contributed by atoms with E-state index in [0.717, 1.165) is 50.2 Å². The Kier molecular flexibility index (Phi) is 7.21. The van der Waals surface area contributed by atoms with Gasteiger partial charge in [-0.2, -0.15) is 0 Å². The van der Waals surface area contributed by atoms with Gasteiger partial charge in [-0.1, -0.05) is 6.92 Å². The number of rotatable bonds is 7. The molecule has 2 aliphatic rings. The second-order valence-electron chi connectivity index (χ2n) is 8.89. The highest BCUT2D eigenvalue weighted by Crippen LogP contribution is 2.37. The molecule has 3 rings (SSSR count). The third kappa shape index (κ3) is 4.98. The average molecular weight is 392 g/mol. The van der Waals surface area contributed by atoms with Gasteiger partial charge in [0, 0.05) is 38.3 Å². The first-order valence-corrected chi connectivity index (χ1v) is 11.1. The number of nitrogens with one attached hydrogen (secondary N) is 2. The Hall–Kier alpha value is -1.33. The number of hydrogen-bond acceptors (Lipinski definition) is 4. The highest BCUT2D eigenvalue weighted by Gasteiger charge is 2.38. The molecule has 2 fully saturated rings. The largest absolute Gasteiger partial charge is 0.384 e. The van der Waals surface area contributed by atoms with E-state index in [0.29, 0.717) is 23.4 Å². The molecule has 28 heavy (non-hydrogen) atoms. The summed E-state index contributed by atoms with van der Waals surface area (Å²) in [6.45, 7) is 9.67. The second kappa shape index (κ2) is 9.45. The summed E-state index contributed by atoms with van der Waals surface area (Å²) in [5.41, 5.74) is 2.72. The molecule has 1 saturated carbocycles. The van der Waals surface area contributed by atoms with E-state index in [1.807, 2.05) is 13.0 Å². The molecule has 158 valence electrons. The standard InChI is InChI=1S/C23H38FN3O/c1-5-14-28-19-6-10-23(3,11-7-19)27-12-8-18(9-13-27)26-21-16-17(2)15-20(24)22(21)25-4/h15-16,18-19,25-26H,5-14H2,1-4H3. The summed E-state index contributed by atoms with van der Waals surface area (Å²) < 4.78 is 20.2. The molecule has 1 aromatic carbocycles. The van der Waals surface area contributed by atoms with E-state index in [4.69, 9.17) is 4.74 Å². The van der Waals surface area contributed by atoms with Crippen molar-refractivity contribution in [1.82, 2.24) is 4.90 Å². The predicted octanol–water partition coefficient (Wildman–Crippen LogP) is 5.18. The molecule has 0 spiro atoms. The zero-order valence-electron chi connectivity index (χ0n) is 18.1. The Morgan fingerprint density at radius 1 is 1.18 bits per heavy atom. The van der Waals surface area contributed by atoms with Crippen LogP contribution >= 0.6 is 0 Å². The molecule has 2 N–H and O–H groups in total. The van der Waals surface area contributed by atoms with Crippen LogP contribution in [0.1, 0.15) is 64.4 Å². The van der Waals surface area contributed by atoms with Crippen molar-refractivity contribution in [2.24, 2.45) is 0 Å².